The van der Waals surface area contributed by atoms with E-state index in [-0.39, 0.29) is 35.8 Å². The van der Waals surface area contributed by atoms with Gasteiger partial charge in [0.25, 0.3) is 0 Å². The first kappa shape index (κ1) is 27.0. The molecule has 1 aliphatic carbocycles. The van der Waals surface area contributed by atoms with E-state index in [0.29, 0.717) is 54.6 Å². The second kappa shape index (κ2) is 11.0. The number of carboxylic acids is 1. The van der Waals surface area contributed by atoms with Crippen LogP contribution in [-0.2, 0) is 9.53 Å². The van der Waals surface area contributed by atoms with Crippen LogP contribution in [0.4, 0.5) is 10.5 Å². The lowest BCUT2D eigenvalue weighted by molar-refractivity contribution is -0.123. The molecule has 0 radical (unpaired) electrons. The molecule has 0 bridgehead atoms. The van der Waals surface area contributed by atoms with Crippen molar-refractivity contribution < 1.29 is 29.0 Å². The van der Waals surface area contributed by atoms with Gasteiger partial charge < -0.3 is 25.6 Å². The fourth-order valence-corrected chi connectivity index (χ4v) is 4.39. The van der Waals surface area contributed by atoms with Crippen LogP contribution in [-0.4, -0.2) is 63.8 Å². The monoisotopic (exact) mass is 500 g/mol. The number of aromatic carboxylic acids is 1. The molecule has 4 N–H and O–H groups in total. The van der Waals surface area contributed by atoms with Crippen LogP contribution in [0.5, 0.6) is 5.75 Å². The molecule has 0 unspecified atom stereocenters. The number of fused-ring (bicyclic) bond motifs is 1. The van der Waals surface area contributed by atoms with Gasteiger partial charge >= 0.3 is 12.1 Å². The van der Waals surface area contributed by atoms with Crippen LogP contribution >= 0.6 is 0 Å². The fourth-order valence-electron chi connectivity index (χ4n) is 4.39. The summed E-state index contributed by atoms with van der Waals surface area (Å²) in [6.07, 6.45) is 2.22. The lowest BCUT2D eigenvalue weighted by atomic mass is 9.92. The minimum Gasteiger partial charge on any atom is -0.490 e. The van der Waals surface area contributed by atoms with Crippen LogP contribution in [0.25, 0.3) is 10.9 Å². The van der Waals surface area contributed by atoms with E-state index in [4.69, 9.17) is 15.2 Å². The van der Waals surface area contributed by atoms with Gasteiger partial charge in [0, 0.05) is 12.6 Å². The van der Waals surface area contributed by atoms with Gasteiger partial charge in [0.2, 0.25) is 5.91 Å². The minimum atomic E-state index is -1.13. The number of pyridine rings is 1. The molecule has 1 aromatic carbocycles. The molecule has 0 aliphatic heterocycles. The van der Waals surface area contributed by atoms with E-state index in [9.17, 15) is 19.5 Å². The van der Waals surface area contributed by atoms with Gasteiger partial charge in [-0.1, -0.05) is 6.07 Å². The van der Waals surface area contributed by atoms with Gasteiger partial charge in [-0.3, -0.25) is 14.7 Å². The highest BCUT2D eigenvalue weighted by atomic mass is 16.6. The third-order valence-corrected chi connectivity index (χ3v) is 6.11. The van der Waals surface area contributed by atoms with Crippen LogP contribution in [0, 0.1) is 6.92 Å². The molecule has 36 heavy (non-hydrogen) atoms. The van der Waals surface area contributed by atoms with E-state index < -0.39 is 17.7 Å². The van der Waals surface area contributed by atoms with E-state index in [1.807, 2.05) is 0 Å². The summed E-state index contributed by atoms with van der Waals surface area (Å²) in [6, 6.07) is 5.33. The van der Waals surface area contributed by atoms with E-state index in [1.54, 1.807) is 52.8 Å². The number of nitrogens with one attached hydrogen (secondary N) is 1. The smallest absolute Gasteiger partial charge is 0.410 e. The molecule has 1 saturated carbocycles. The number of hydrogen-bond donors (Lipinski definition) is 3. The summed E-state index contributed by atoms with van der Waals surface area (Å²) in [6.45, 7) is 9.09. The predicted molar refractivity (Wildman–Crippen MR) is 136 cm³/mol. The average Bonchev–Trinajstić information content (AvgIpc) is 2.77. The Morgan fingerprint density at radius 2 is 1.86 bits per heavy atom. The molecule has 0 saturated heterocycles. The van der Waals surface area contributed by atoms with Crippen molar-refractivity contribution in [2.75, 3.05) is 18.8 Å². The number of carboxylic acid groups (broad SMARTS) is 1. The van der Waals surface area contributed by atoms with Crippen LogP contribution in [0.1, 0.15) is 69.4 Å². The molecule has 0 atom stereocenters. The summed E-state index contributed by atoms with van der Waals surface area (Å²) in [5.41, 5.74) is 6.66. The third-order valence-electron chi connectivity index (χ3n) is 6.11. The maximum absolute atomic E-state index is 12.6. The third kappa shape index (κ3) is 6.56. The largest absolute Gasteiger partial charge is 0.490 e. The predicted octanol–water partition coefficient (Wildman–Crippen LogP) is 3.89. The summed E-state index contributed by atoms with van der Waals surface area (Å²) in [7, 11) is 0. The van der Waals surface area contributed by atoms with Crippen molar-refractivity contribution in [2.24, 2.45) is 0 Å². The number of aryl methyl sites for hydroxylation is 1. The number of ether oxygens (including phenoxy) is 2. The number of hydrogen-bond acceptors (Lipinski definition) is 7. The van der Waals surface area contributed by atoms with Gasteiger partial charge in [0.1, 0.15) is 23.5 Å². The number of nitrogens with two attached hydrogens (primary N) is 1. The van der Waals surface area contributed by atoms with Crippen molar-refractivity contribution >= 4 is 34.6 Å². The molecular formula is C26H36N4O6. The van der Waals surface area contributed by atoms with Gasteiger partial charge in [0.05, 0.1) is 28.4 Å². The summed E-state index contributed by atoms with van der Waals surface area (Å²) in [4.78, 5) is 42.3. The Hall–Kier alpha value is -3.56. The first-order chi connectivity index (χ1) is 16.9. The fraction of sp³-hybridized carbons (Fsp3) is 0.538. The zero-order valence-electron chi connectivity index (χ0n) is 21.6. The van der Waals surface area contributed by atoms with Gasteiger partial charge in [0.15, 0.2) is 0 Å². The van der Waals surface area contributed by atoms with E-state index >= 15 is 0 Å². The molecule has 196 valence electrons. The number of rotatable bonds is 7. The lowest BCUT2D eigenvalue weighted by Crippen LogP contribution is -2.46. The van der Waals surface area contributed by atoms with Crippen molar-refractivity contribution in [1.82, 2.24) is 15.2 Å². The molecule has 3 rings (SSSR count). The number of benzene rings is 1. The highest BCUT2D eigenvalue weighted by Gasteiger charge is 2.27. The van der Waals surface area contributed by atoms with Crippen LogP contribution in [0.15, 0.2) is 18.2 Å². The Balaban J connectivity index is 1.59. The maximum Gasteiger partial charge on any atom is 0.410 e. The number of anilines is 1. The van der Waals surface area contributed by atoms with Gasteiger partial charge in [-0.2, -0.15) is 0 Å². The molecule has 1 aromatic heterocycles. The lowest BCUT2D eigenvalue weighted by Gasteiger charge is -2.31. The molecule has 2 aromatic rings. The maximum atomic E-state index is 12.6. The number of nitrogens with zero attached hydrogens (tertiary/aromatic N) is 2. The summed E-state index contributed by atoms with van der Waals surface area (Å²) >= 11 is 0. The molecule has 1 heterocycles. The number of likely N-dealkylation sites (N-methyl/N-ethyl adjacent to an activating group) is 1. The molecule has 1 aliphatic rings. The average molecular weight is 501 g/mol. The Kier molecular flexibility index (Phi) is 8.27. The van der Waals surface area contributed by atoms with Gasteiger partial charge in [-0.25, -0.2) is 9.59 Å². The van der Waals surface area contributed by atoms with Crippen molar-refractivity contribution in [3.63, 3.8) is 0 Å². The molecule has 1 fully saturated rings. The summed E-state index contributed by atoms with van der Waals surface area (Å²) in [5, 5.41) is 13.1. The summed E-state index contributed by atoms with van der Waals surface area (Å²) in [5.74, 6) is -0.848. The van der Waals surface area contributed by atoms with E-state index in [1.165, 1.54) is 4.90 Å². The SMILES string of the molecule is CCN(CC(=O)N[C@H]1CC[C@H](Oc2cccc3nc(C)c(C(=O)O)c(N)c23)CC1)C(=O)OC(C)(C)C. The second-order valence-corrected chi connectivity index (χ2v) is 10.1. The highest BCUT2D eigenvalue weighted by Crippen LogP contribution is 2.35. The molecule has 0 spiro atoms. The van der Waals surface area contributed by atoms with Crippen molar-refractivity contribution in [3.8, 4) is 5.75 Å². The Labute approximate surface area is 211 Å². The molecular weight excluding hydrogens is 464 g/mol. The standard InChI is InChI=1S/C26H36N4O6/c1-6-30(25(34)36-26(3,4)5)14-20(31)29-16-10-12-17(13-11-16)35-19-9-7-8-18-22(19)23(27)21(24(32)33)15(2)28-18/h7-9,16-17H,6,10-14H2,1-5H3,(H2,27,28)(H,29,31)(H,32,33)/t16-,17-. The Bertz CT molecular complexity index is 1140. The number of amides is 2. The summed E-state index contributed by atoms with van der Waals surface area (Å²) < 4.78 is 11.6. The van der Waals surface area contributed by atoms with Crippen LogP contribution in [0.2, 0.25) is 0 Å². The van der Waals surface area contributed by atoms with Crippen molar-refractivity contribution in [2.45, 2.75) is 78.0 Å². The first-order valence-corrected chi connectivity index (χ1v) is 12.3. The minimum absolute atomic E-state index is 0.0162. The normalized spacial score (nSPS) is 17.9. The molecule has 10 nitrogen and oxygen atoms in total. The van der Waals surface area contributed by atoms with Gasteiger partial charge in [-0.15, -0.1) is 0 Å². The zero-order valence-corrected chi connectivity index (χ0v) is 21.6. The van der Waals surface area contributed by atoms with Crippen LogP contribution in [0.3, 0.4) is 0 Å². The van der Waals surface area contributed by atoms with Crippen molar-refractivity contribution in [1.29, 1.82) is 0 Å². The van der Waals surface area contributed by atoms with Crippen molar-refractivity contribution in [3.05, 3.63) is 29.5 Å². The Morgan fingerprint density at radius 3 is 2.44 bits per heavy atom. The van der Waals surface area contributed by atoms with Gasteiger partial charge in [-0.05, 0) is 72.4 Å². The topological polar surface area (TPSA) is 144 Å². The number of aromatic nitrogens is 1. The molecule has 10 heteroatoms. The number of nitrogen functional groups attached to an aromatic ring is 1. The quantitative estimate of drug-likeness (QED) is 0.519. The second-order valence-electron chi connectivity index (χ2n) is 10.1. The van der Waals surface area contributed by atoms with Crippen LogP contribution < -0.4 is 15.8 Å². The first-order valence-electron chi connectivity index (χ1n) is 12.3. The van der Waals surface area contributed by atoms with E-state index in [2.05, 4.69) is 10.3 Å². The Morgan fingerprint density at radius 1 is 1.19 bits per heavy atom. The number of carbonyl (C=O) groups is 3. The van der Waals surface area contributed by atoms with E-state index in [0.717, 1.165) is 0 Å². The number of carbonyl (C=O) groups excluding carboxylic acids is 2. The zero-order chi connectivity index (χ0) is 26.6. The highest BCUT2D eigenvalue weighted by molar-refractivity contribution is 6.06. The molecule has 2 amide bonds.